The lowest BCUT2D eigenvalue weighted by atomic mass is 10.0. The number of hydrogen-bond donors (Lipinski definition) is 2. The molecule has 1 atom stereocenters. The highest BCUT2D eigenvalue weighted by atomic mass is 32.1. The number of carbonyl (C=O) groups excluding carboxylic acids is 1. The molecule has 1 aliphatic heterocycles. The summed E-state index contributed by atoms with van der Waals surface area (Å²) in [6.07, 6.45) is 4.44. The number of amides is 1. The van der Waals surface area contributed by atoms with Gasteiger partial charge in [0.1, 0.15) is 17.0 Å². The third-order valence-electron chi connectivity index (χ3n) is 5.93. The Kier molecular flexibility index (Phi) is 5.60. The molecule has 1 unspecified atom stereocenters. The molecule has 1 fully saturated rings. The van der Waals surface area contributed by atoms with Crippen molar-refractivity contribution in [2.45, 2.75) is 38.8 Å². The van der Waals surface area contributed by atoms with Crippen LogP contribution in [0.3, 0.4) is 0 Å². The van der Waals surface area contributed by atoms with Crippen molar-refractivity contribution in [1.82, 2.24) is 14.9 Å². The van der Waals surface area contributed by atoms with Crippen LogP contribution in [-0.4, -0.2) is 45.1 Å². The fourth-order valence-corrected chi connectivity index (χ4v) is 6.40. The lowest BCUT2D eigenvalue weighted by Gasteiger charge is -2.34. The number of fused-ring (bicyclic) bond motifs is 2. The maximum atomic E-state index is 13.3. The molecule has 1 aliphatic rings. The third kappa shape index (κ3) is 3.79. The van der Waals surface area contributed by atoms with E-state index in [1.165, 1.54) is 26.3 Å². The fourth-order valence-electron chi connectivity index (χ4n) is 4.29. The van der Waals surface area contributed by atoms with E-state index in [0.29, 0.717) is 18.0 Å². The van der Waals surface area contributed by atoms with E-state index in [1.54, 1.807) is 17.7 Å². The topological polar surface area (TPSA) is 78.4 Å². The zero-order valence-corrected chi connectivity index (χ0v) is 18.9. The second-order valence-corrected chi connectivity index (χ2v) is 10.1. The van der Waals surface area contributed by atoms with Crippen LogP contribution in [0.15, 0.2) is 36.7 Å². The molecular formula is C23H24N4O2S2. The number of aryl methyl sites for hydroxylation is 1. The molecule has 4 heterocycles. The van der Waals surface area contributed by atoms with E-state index < -0.39 is 0 Å². The summed E-state index contributed by atoms with van der Waals surface area (Å²) in [6.45, 7) is 3.35. The molecule has 4 aromatic rings. The quantitative estimate of drug-likeness (QED) is 0.454. The molecular weight excluding hydrogens is 428 g/mol. The molecule has 1 saturated heterocycles. The van der Waals surface area contributed by atoms with Gasteiger partial charge in [0, 0.05) is 16.1 Å². The van der Waals surface area contributed by atoms with Gasteiger partial charge in [-0.15, -0.1) is 22.7 Å². The molecule has 6 nitrogen and oxygen atoms in total. The summed E-state index contributed by atoms with van der Waals surface area (Å²) in [5.41, 5.74) is 0.909. The molecule has 1 aromatic carbocycles. The lowest BCUT2D eigenvalue weighted by Crippen LogP contribution is -2.45. The minimum absolute atomic E-state index is 0.00490. The summed E-state index contributed by atoms with van der Waals surface area (Å²) in [4.78, 5) is 26.8. The van der Waals surface area contributed by atoms with Crippen LogP contribution in [0.5, 0.6) is 0 Å². The van der Waals surface area contributed by atoms with E-state index in [-0.39, 0.29) is 18.6 Å². The average Bonchev–Trinajstić information content (AvgIpc) is 3.38. The summed E-state index contributed by atoms with van der Waals surface area (Å²) >= 11 is 3.19. The van der Waals surface area contributed by atoms with Gasteiger partial charge in [-0.05, 0) is 49.3 Å². The molecule has 1 amide bonds. The van der Waals surface area contributed by atoms with Crippen LogP contribution in [0.2, 0.25) is 0 Å². The van der Waals surface area contributed by atoms with Crippen LogP contribution in [0.25, 0.3) is 20.3 Å². The SMILES string of the molecule is Cc1c(C(=O)N2CCCCC2CO)sc2ncnc(NCc3cc4ccccc4s3)c12. The van der Waals surface area contributed by atoms with E-state index in [0.717, 1.165) is 40.9 Å². The van der Waals surface area contributed by atoms with Gasteiger partial charge in [0.25, 0.3) is 5.91 Å². The predicted octanol–water partition coefficient (Wildman–Crippen LogP) is 4.81. The van der Waals surface area contributed by atoms with Crippen LogP contribution in [-0.2, 0) is 6.54 Å². The monoisotopic (exact) mass is 452 g/mol. The molecule has 0 saturated carbocycles. The van der Waals surface area contributed by atoms with Crippen LogP contribution >= 0.6 is 22.7 Å². The van der Waals surface area contributed by atoms with Crippen molar-refractivity contribution >= 4 is 54.7 Å². The Morgan fingerprint density at radius 1 is 1.26 bits per heavy atom. The van der Waals surface area contributed by atoms with Gasteiger partial charge in [0.2, 0.25) is 0 Å². The first-order chi connectivity index (χ1) is 15.2. The Hall–Kier alpha value is -2.55. The molecule has 2 N–H and O–H groups in total. The summed E-state index contributed by atoms with van der Waals surface area (Å²) in [6, 6.07) is 10.5. The van der Waals surface area contributed by atoms with Gasteiger partial charge in [-0.25, -0.2) is 9.97 Å². The largest absolute Gasteiger partial charge is 0.394 e. The zero-order chi connectivity index (χ0) is 21.4. The van der Waals surface area contributed by atoms with Crippen LogP contribution in [0.1, 0.15) is 39.4 Å². The van der Waals surface area contributed by atoms with Crippen molar-refractivity contribution < 1.29 is 9.90 Å². The van der Waals surface area contributed by atoms with Crippen molar-refractivity contribution in [2.75, 3.05) is 18.5 Å². The highest BCUT2D eigenvalue weighted by Crippen LogP contribution is 2.35. The number of thiophene rings is 2. The van der Waals surface area contributed by atoms with Crippen molar-refractivity contribution in [3.8, 4) is 0 Å². The number of rotatable bonds is 5. The van der Waals surface area contributed by atoms with Crippen LogP contribution < -0.4 is 5.32 Å². The van der Waals surface area contributed by atoms with Gasteiger partial charge >= 0.3 is 0 Å². The van der Waals surface area contributed by atoms with E-state index >= 15 is 0 Å². The minimum Gasteiger partial charge on any atom is -0.394 e. The summed E-state index contributed by atoms with van der Waals surface area (Å²) in [5.74, 6) is 0.752. The van der Waals surface area contributed by atoms with Gasteiger partial charge < -0.3 is 15.3 Å². The standard InChI is InChI=1S/C23H24N4O2S2/c1-14-19-21(24-11-17-10-15-6-2-3-8-18(15)30-17)25-13-26-22(19)31-20(14)23(29)27-9-5-4-7-16(27)12-28/h2-3,6,8,10,13,16,28H,4-5,7,9,11-12H2,1H3,(H,24,25,26). The van der Waals surface area contributed by atoms with E-state index in [4.69, 9.17) is 0 Å². The molecule has 0 aliphatic carbocycles. The van der Waals surface area contributed by atoms with Crippen LogP contribution in [0, 0.1) is 6.92 Å². The van der Waals surface area contributed by atoms with Crippen molar-refractivity contribution in [1.29, 1.82) is 0 Å². The first kappa shape index (κ1) is 20.4. The summed E-state index contributed by atoms with van der Waals surface area (Å²) < 4.78 is 1.27. The van der Waals surface area contributed by atoms with Gasteiger partial charge in [-0.2, -0.15) is 0 Å². The smallest absolute Gasteiger partial charge is 0.264 e. The first-order valence-electron chi connectivity index (χ1n) is 10.5. The van der Waals surface area contributed by atoms with Gasteiger partial charge in [0.05, 0.1) is 29.5 Å². The van der Waals surface area contributed by atoms with Crippen molar-refractivity contribution in [3.05, 3.63) is 52.0 Å². The number of piperidine rings is 1. The molecule has 31 heavy (non-hydrogen) atoms. The minimum atomic E-state index is -0.0949. The Morgan fingerprint density at radius 3 is 2.97 bits per heavy atom. The number of aliphatic hydroxyl groups is 1. The average molecular weight is 453 g/mol. The molecule has 160 valence electrons. The first-order valence-corrected chi connectivity index (χ1v) is 12.2. The number of benzene rings is 1. The Labute approximate surface area is 188 Å². The molecule has 0 radical (unpaired) electrons. The number of carbonyl (C=O) groups is 1. The third-order valence-corrected chi connectivity index (χ3v) is 8.23. The van der Waals surface area contributed by atoms with Gasteiger partial charge in [-0.1, -0.05) is 18.2 Å². The Balaban J connectivity index is 1.43. The fraction of sp³-hybridized carbons (Fsp3) is 0.348. The molecule has 5 rings (SSSR count). The van der Waals surface area contributed by atoms with Gasteiger partial charge in [-0.3, -0.25) is 4.79 Å². The number of anilines is 1. The molecule has 8 heteroatoms. The highest BCUT2D eigenvalue weighted by Gasteiger charge is 2.30. The number of nitrogens with one attached hydrogen (secondary N) is 1. The summed E-state index contributed by atoms with van der Waals surface area (Å²) in [5, 5.41) is 15.3. The number of nitrogens with zero attached hydrogens (tertiary/aromatic N) is 3. The number of aromatic nitrogens is 2. The predicted molar refractivity (Wildman–Crippen MR) is 127 cm³/mol. The summed E-state index contributed by atoms with van der Waals surface area (Å²) in [7, 11) is 0. The normalized spacial score (nSPS) is 16.8. The van der Waals surface area contributed by atoms with Gasteiger partial charge in [0.15, 0.2) is 0 Å². The van der Waals surface area contributed by atoms with E-state index in [1.807, 2.05) is 11.8 Å². The molecule has 3 aromatic heterocycles. The lowest BCUT2D eigenvalue weighted by molar-refractivity contribution is 0.0507. The highest BCUT2D eigenvalue weighted by molar-refractivity contribution is 7.20. The maximum Gasteiger partial charge on any atom is 0.264 e. The zero-order valence-electron chi connectivity index (χ0n) is 17.3. The number of hydrogen-bond acceptors (Lipinski definition) is 7. The Morgan fingerprint density at radius 2 is 2.13 bits per heavy atom. The van der Waals surface area contributed by atoms with E-state index in [9.17, 15) is 9.90 Å². The van der Waals surface area contributed by atoms with Crippen molar-refractivity contribution in [3.63, 3.8) is 0 Å². The second-order valence-electron chi connectivity index (χ2n) is 7.89. The maximum absolute atomic E-state index is 13.3. The number of aliphatic hydroxyl groups excluding tert-OH is 1. The Bertz CT molecular complexity index is 1220. The van der Waals surface area contributed by atoms with Crippen molar-refractivity contribution in [2.24, 2.45) is 0 Å². The van der Waals surface area contributed by atoms with Crippen LogP contribution in [0.4, 0.5) is 5.82 Å². The number of likely N-dealkylation sites (tertiary alicyclic amines) is 1. The second kappa shape index (κ2) is 8.53. The van der Waals surface area contributed by atoms with E-state index in [2.05, 4.69) is 45.6 Å². The molecule has 0 spiro atoms. The molecule has 0 bridgehead atoms.